The Morgan fingerprint density at radius 3 is 2.73 bits per heavy atom. The van der Waals surface area contributed by atoms with Gasteiger partial charge in [0, 0.05) is 0 Å². The summed E-state index contributed by atoms with van der Waals surface area (Å²) >= 11 is 4.24. The van der Waals surface area contributed by atoms with Gasteiger partial charge in [-0.1, -0.05) is 0 Å². The molecule has 0 saturated heterocycles. The molecule has 0 saturated carbocycles. The van der Waals surface area contributed by atoms with E-state index in [-0.39, 0.29) is 9.76 Å². The molecule has 1 amide bonds. The molecule has 0 aromatic heterocycles. The molecule has 0 bridgehead atoms. The van der Waals surface area contributed by atoms with Gasteiger partial charge in [-0.3, -0.25) is 0 Å². The molecule has 2 nitrogen and oxygen atoms in total. The van der Waals surface area contributed by atoms with Crippen LogP contribution in [0.1, 0.15) is 0 Å². The molecule has 55 valence electrons. The van der Waals surface area contributed by atoms with Gasteiger partial charge in [0.1, 0.15) is 0 Å². The summed E-state index contributed by atoms with van der Waals surface area (Å²) in [6.45, 7) is 3.77. The summed E-state index contributed by atoms with van der Waals surface area (Å²) in [6, 6.07) is 0. The fourth-order valence-electron chi connectivity index (χ4n) is 0.775. The van der Waals surface area contributed by atoms with Gasteiger partial charge in [0.2, 0.25) is 0 Å². The van der Waals surface area contributed by atoms with E-state index < -0.39 is 0 Å². The van der Waals surface area contributed by atoms with E-state index in [4.69, 9.17) is 0 Å². The van der Waals surface area contributed by atoms with Gasteiger partial charge >= 0.3 is 109 Å². The minimum atomic E-state index is 0.0594. The number of rotatable bonds is 2. The van der Waals surface area contributed by atoms with E-state index in [1.165, 1.54) is 0 Å². The Bertz CT molecular complexity index is 213. The fourth-order valence-corrected chi connectivity index (χ4v) is 4.49. The van der Waals surface area contributed by atoms with E-state index in [1.807, 2.05) is 0 Å². The summed E-state index contributed by atoms with van der Waals surface area (Å²) < 4.78 is 0.230. The van der Waals surface area contributed by atoms with Crippen molar-refractivity contribution in [3.63, 3.8) is 0 Å². The number of amides is 1. The molecule has 0 fully saturated rings. The zero-order valence-corrected chi connectivity index (χ0v) is 13.5. The SMILES string of the molecule is C=C1C=CC(=O)N1C(Br)[Se][Ba]. The third-order valence-corrected chi connectivity index (χ3v) is 17.2. The number of halogens is 1. The van der Waals surface area contributed by atoms with E-state index >= 15 is 0 Å². The first-order chi connectivity index (χ1) is 5.16. The van der Waals surface area contributed by atoms with Gasteiger partial charge < -0.3 is 0 Å². The average Bonchev–Trinajstić information content (AvgIpc) is 2.30. The molecule has 1 atom stereocenters. The van der Waals surface area contributed by atoms with E-state index in [0.717, 1.165) is 48.8 Å². The molecule has 0 N–H and O–H groups in total. The van der Waals surface area contributed by atoms with E-state index in [0.29, 0.717) is 6.18 Å². The summed E-state index contributed by atoms with van der Waals surface area (Å²) in [5.74, 6) is 0.0594. The van der Waals surface area contributed by atoms with Crippen molar-refractivity contribution in [2.75, 3.05) is 0 Å². The maximum atomic E-state index is 11.2. The van der Waals surface area contributed by atoms with Gasteiger partial charge in [0.05, 0.1) is 0 Å². The molecule has 1 aliphatic heterocycles. The maximum absolute atomic E-state index is 11.2. The van der Waals surface area contributed by atoms with Crippen molar-refractivity contribution in [3.8, 4) is 0 Å². The number of hydrogen-bond acceptors (Lipinski definition) is 1. The third kappa shape index (κ3) is 2.48. The molecule has 1 aliphatic rings. The van der Waals surface area contributed by atoms with Crippen molar-refractivity contribution in [3.05, 3.63) is 24.4 Å². The molecule has 1 radical (unpaired) electrons. The van der Waals surface area contributed by atoms with Crippen LogP contribution in [0.2, 0.25) is 0 Å². The van der Waals surface area contributed by atoms with Gasteiger partial charge in [-0.2, -0.15) is 0 Å². The number of alkyl halides is 1. The summed E-state index contributed by atoms with van der Waals surface area (Å²) in [5.41, 5.74) is 0.809. The molecule has 0 aliphatic carbocycles. The Kier molecular flexibility index (Phi) is 4.50. The fraction of sp³-hybridized carbons (Fsp3) is 0.167. The first kappa shape index (κ1) is 10.6. The Hall–Kier alpha value is 1.52. The van der Waals surface area contributed by atoms with Crippen LogP contribution < -0.4 is 0 Å². The van der Waals surface area contributed by atoms with E-state index in [9.17, 15) is 4.79 Å². The minimum absolute atomic E-state index is 0.0594. The van der Waals surface area contributed by atoms with Gasteiger partial charge in [-0.25, -0.2) is 0 Å². The van der Waals surface area contributed by atoms with Crippen molar-refractivity contribution >= 4 is 71.1 Å². The molecule has 11 heavy (non-hydrogen) atoms. The summed E-state index contributed by atoms with van der Waals surface area (Å²) in [6.07, 6.45) is 3.90. The number of carbonyl (C=O) groups excluding carboxylic acids is 1. The Balaban J connectivity index is 2.73. The predicted molar refractivity (Wildman–Crippen MR) is 49.3 cm³/mol. The molecule has 0 spiro atoms. The van der Waals surface area contributed by atoms with Crippen LogP contribution in [0.3, 0.4) is 0 Å². The van der Waals surface area contributed by atoms with Crippen LogP contribution in [0.15, 0.2) is 24.4 Å². The Morgan fingerprint density at radius 1 is 1.73 bits per heavy atom. The van der Waals surface area contributed by atoms with Crippen LogP contribution in [0.4, 0.5) is 0 Å². The second-order valence-corrected chi connectivity index (χ2v) is 11.3. The van der Waals surface area contributed by atoms with Crippen LogP contribution in [-0.2, 0) is 4.79 Å². The second kappa shape index (κ2) is 4.67. The Labute approximate surface area is 107 Å². The molecule has 1 rings (SSSR count). The van der Waals surface area contributed by atoms with Crippen molar-refractivity contribution in [1.82, 2.24) is 4.90 Å². The third-order valence-electron chi connectivity index (χ3n) is 1.31. The predicted octanol–water partition coefficient (Wildman–Crippen LogP) is 0.365. The topological polar surface area (TPSA) is 20.3 Å². The van der Waals surface area contributed by atoms with Gasteiger partial charge in [-0.05, 0) is 0 Å². The summed E-state index contributed by atoms with van der Waals surface area (Å²) in [5, 5.41) is 0. The number of carbonyl (C=O) groups is 1. The van der Waals surface area contributed by atoms with Gasteiger partial charge in [0.25, 0.3) is 0 Å². The summed E-state index contributed by atoms with van der Waals surface area (Å²) in [7, 11) is 0. The number of hydrogen-bond donors (Lipinski definition) is 0. The molecule has 5 heteroatoms. The average molecular weight is 403 g/mol. The van der Waals surface area contributed by atoms with Crippen LogP contribution in [0.25, 0.3) is 0 Å². The van der Waals surface area contributed by atoms with Crippen LogP contribution in [0.5, 0.6) is 0 Å². The molecule has 1 heterocycles. The Morgan fingerprint density at radius 2 is 2.36 bits per heavy atom. The molecular weight excluding hydrogens is 398 g/mol. The molecule has 0 aromatic rings. The van der Waals surface area contributed by atoms with Crippen molar-refractivity contribution in [1.29, 1.82) is 0 Å². The monoisotopic (exact) mass is 404 g/mol. The molecular formula is C6H5BaBrNOSe. The van der Waals surface area contributed by atoms with Crippen LogP contribution >= 0.6 is 15.9 Å². The standard InChI is InChI=1S/C6H6BrNOSe.Ba/c1-4-2-3-5(9)8(4)6(7)10;/h2-3,6,10H,1H2;/q;+1/p-1. The number of allylic oxidation sites excluding steroid dienone is 1. The van der Waals surface area contributed by atoms with Crippen LogP contribution in [-0.4, -0.2) is 63.9 Å². The van der Waals surface area contributed by atoms with Gasteiger partial charge in [-0.15, -0.1) is 0 Å². The molecule has 0 aromatic carbocycles. The van der Waals surface area contributed by atoms with Crippen molar-refractivity contribution in [2.24, 2.45) is 0 Å². The van der Waals surface area contributed by atoms with E-state index in [1.54, 1.807) is 17.1 Å². The first-order valence-electron chi connectivity index (χ1n) is 2.92. The van der Waals surface area contributed by atoms with E-state index in [2.05, 4.69) is 22.5 Å². The van der Waals surface area contributed by atoms with Crippen molar-refractivity contribution < 1.29 is 4.79 Å². The van der Waals surface area contributed by atoms with Gasteiger partial charge in [0.15, 0.2) is 0 Å². The zero-order valence-electron chi connectivity index (χ0n) is 5.79. The zero-order chi connectivity index (χ0) is 8.43. The molecule has 1 unspecified atom stereocenters. The van der Waals surface area contributed by atoms with Crippen molar-refractivity contribution in [2.45, 2.75) is 3.85 Å². The van der Waals surface area contributed by atoms with Crippen LogP contribution in [0, 0.1) is 0 Å². The number of nitrogens with zero attached hydrogens (tertiary/aromatic N) is 1. The summed E-state index contributed by atoms with van der Waals surface area (Å²) in [4.78, 5) is 12.9. The normalized spacial score (nSPS) is 19.5. The second-order valence-electron chi connectivity index (χ2n) is 1.99. The quantitative estimate of drug-likeness (QED) is 0.371. The first-order valence-corrected chi connectivity index (χ1v) is 15.5.